The van der Waals surface area contributed by atoms with E-state index in [0.717, 1.165) is 22.6 Å². The van der Waals surface area contributed by atoms with Crippen molar-refractivity contribution in [2.24, 2.45) is 0 Å². The van der Waals surface area contributed by atoms with Gasteiger partial charge in [-0.25, -0.2) is 4.68 Å². The van der Waals surface area contributed by atoms with Gasteiger partial charge in [0.1, 0.15) is 18.1 Å². The first-order valence-corrected chi connectivity index (χ1v) is 13.8. The van der Waals surface area contributed by atoms with Crippen LogP contribution in [0.1, 0.15) is 42.8 Å². The molecule has 1 atom stereocenters. The standard InChI is InChI=1S/C28H33ClN4O4S/c1-28(2,3)26-24-25(20-11-6-7-12-21(20)37-5)38-17-23(35)32(16-22(34)30-13-14-36-4)27(24)33(31-26)19-10-8-9-18(29)15-19/h6-12,15,25H,13-14,16-17H2,1-5H3,(H,30,34). The van der Waals surface area contributed by atoms with Crippen LogP contribution in [0, 0.1) is 0 Å². The number of carbonyl (C=O) groups excluding carboxylic acids is 2. The highest BCUT2D eigenvalue weighted by Gasteiger charge is 2.40. The summed E-state index contributed by atoms with van der Waals surface area (Å²) < 4.78 is 12.5. The first-order valence-electron chi connectivity index (χ1n) is 12.4. The Hall–Kier alpha value is -3.01. The van der Waals surface area contributed by atoms with E-state index in [9.17, 15) is 9.59 Å². The topological polar surface area (TPSA) is 85.7 Å². The molecule has 0 bridgehead atoms. The van der Waals surface area contributed by atoms with Gasteiger partial charge in [0.2, 0.25) is 11.8 Å². The zero-order valence-electron chi connectivity index (χ0n) is 22.3. The molecule has 2 heterocycles. The average molecular weight is 557 g/mol. The number of para-hydroxylation sites is 1. The van der Waals surface area contributed by atoms with Gasteiger partial charge >= 0.3 is 0 Å². The van der Waals surface area contributed by atoms with Gasteiger partial charge in [0, 0.05) is 35.2 Å². The second kappa shape index (κ2) is 11.8. The number of hydrogen-bond donors (Lipinski definition) is 1. The van der Waals surface area contributed by atoms with E-state index in [0.29, 0.717) is 29.7 Å². The molecule has 0 saturated heterocycles. The number of nitrogens with one attached hydrogen (secondary N) is 1. The second-order valence-electron chi connectivity index (χ2n) is 9.98. The molecule has 0 spiro atoms. The Morgan fingerprint density at radius 3 is 2.63 bits per heavy atom. The number of amides is 2. The highest BCUT2D eigenvalue weighted by molar-refractivity contribution is 8.00. The summed E-state index contributed by atoms with van der Waals surface area (Å²) in [7, 11) is 3.21. The van der Waals surface area contributed by atoms with Gasteiger partial charge in [-0.05, 0) is 24.3 Å². The maximum absolute atomic E-state index is 13.7. The molecule has 2 amide bonds. The number of anilines is 1. The van der Waals surface area contributed by atoms with Crippen LogP contribution in [0.15, 0.2) is 48.5 Å². The summed E-state index contributed by atoms with van der Waals surface area (Å²) >= 11 is 7.88. The van der Waals surface area contributed by atoms with Gasteiger partial charge in [-0.2, -0.15) is 5.10 Å². The van der Waals surface area contributed by atoms with Crippen LogP contribution in [0.5, 0.6) is 5.75 Å². The van der Waals surface area contributed by atoms with Crippen LogP contribution in [0.3, 0.4) is 0 Å². The van der Waals surface area contributed by atoms with Crippen LogP contribution in [-0.4, -0.2) is 61.3 Å². The fraction of sp³-hybridized carbons (Fsp3) is 0.393. The maximum atomic E-state index is 13.7. The lowest BCUT2D eigenvalue weighted by Gasteiger charge is -2.25. The quantitative estimate of drug-likeness (QED) is 0.403. The highest BCUT2D eigenvalue weighted by atomic mass is 35.5. The van der Waals surface area contributed by atoms with Crippen molar-refractivity contribution in [1.82, 2.24) is 15.1 Å². The molecular formula is C28H33ClN4O4S. The Bertz CT molecular complexity index is 1320. The van der Waals surface area contributed by atoms with Crippen molar-refractivity contribution < 1.29 is 19.1 Å². The molecule has 3 aromatic rings. The molecule has 1 unspecified atom stereocenters. The molecule has 202 valence electrons. The lowest BCUT2D eigenvalue weighted by molar-refractivity contribution is -0.123. The van der Waals surface area contributed by atoms with Crippen LogP contribution in [0.2, 0.25) is 5.02 Å². The molecule has 1 aliphatic heterocycles. The molecule has 1 aliphatic rings. The van der Waals surface area contributed by atoms with E-state index >= 15 is 0 Å². The number of methoxy groups -OCH3 is 2. The molecular weight excluding hydrogens is 524 g/mol. The Labute approximate surface area is 232 Å². The molecule has 10 heteroatoms. The molecule has 0 radical (unpaired) electrons. The fourth-order valence-electron chi connectivity index (χ4n) is 4.48. The van der Waals surface area contributed by atoms with Crippen LogP contribution in [0.25, 0.3) is 5.69 Å². The van der Waals surface area contributed by atoms with Crippen molar-refractivity contribution in [3.8, 4) is 11.4 Å². The summed E-state index contributed by atoms with van der Waals surface area (Å²) in [6.07, 6.45) is 0. The predicted octanol–water partition coefficient (Wildman–Crippen LogP) is 4.76. The van der Waals surface area contributed by atoms with E-state index in [-0.39, 0.29) is 34.8 Å². The smallest absolute Gasteiger partial charge is 0.240 e. The molecule has 8 nitrogen and oxygen atoms in total. The number of halogens is 1. The largest absolute Gasteiger partial charge is 0.496 e. The van der Waals surface area contributed by atoms with E-state index in [1.165, 1.54) is 11.8 Å². The minimum absolute atomic E-state index is 0.148. The zero-order chi connectivity index (χ0) is 27.4. The molecule has 0 fully saturated rings. The van der Waals surface area contributed by atoms with Gasteiger partial charge in [-0.1, -0.05) is 56.6 Å². The van der Waals surface area contributed by atoms with Gasteiger partial charge < -0.3 is 14.8 Å². The van der Waals surface area contributed by atoms with Crippen molar-refractivity contribution in [3.63, 3.8) is 0 Å². The molecule has 4 rings (SSSR count). The van der Waals surface area contributed by atoms with Crippen molar-refractivity contribution in [2.45, 2.75) is 31.4 Å². The maximum Gasteiger partial charge on any atom is 0.240 e. The number of ether oxygens (including phenoxy) is 2. The number of fused-ring (bicyclic) bond motifs is 1. The lowest BCUT2D eigenvalue weighted by Crippen LogP contribution is -2.43. The average Bonchev–Trinajstić information content (AvgIpc) is 3.22. The minimum Gasteiger partial charge on any atom is -0.496 e. The zero-order valence-corrected chi connectivity index (χ0v) is 23.9. The Morgan fingerprint density at radius 1 is 1.18 bits per heavy atom. The normalized spacial score (nSPS) is 15.7. The summed E-state index contributed by atoms with van der Waals surface area (Å²) in [5.41, 5.74) is 2.98. The molecule has 0 saturated carbocycles. The summed E-state index contributed by atoms with van der Waals surface area (Å²) in [5.74, 6) is 1.01. The first kappa shape index (κ1) is 28.0. The lowest BCUT2D eigenvalue weighted by atomic mass is 9.87. The van der Waals surface area contributed by atoms with E-state index in [1.807, 2.05) is 36.4 Å². The number of benzene rings is 2. The number of rotatable bonds is 8. The summed E-state index contributed by atoms with van der Waals surface area (Å²) in [5, 5.41) is 8.20. The van der Waals surface area contributed by atoms with Gasteiger partial charge in [0.05, 0.1) is 36.1 Å². The van der Waals surface area contributed by atoms with Crippen LogP contribution in [-0.2, 0) is 19.7 Å². The van der Waals surface area contributed by atoms with Crippen LogP contribution < -0.4 is 15.0 Å². The van der Waals surface area contributed by atoms with E-state index in [4.69, 9.17) is 26.2 Å². The van der Waals surface area contributed by atoms with Gasteiger partial charge in [-0.15, -0.1) is 11.8 Å². The highest BCUT2D eigenvalue weighted by Crippen LogP contribution is 2.50. The minimum atomic E-state index is -0.367. The molecule has 1 aromatic heterocycles. The van der Waals surface area contributed by atoms with Crippen LogP contribution >= 0.6 is 23.4 Å². The second-order valence-corrected chi connectivity index (χ2v) is 11.5. The summed E-state index contributed by atoms with van der Waals surface area (Å²) in [6.45, 7) is 6.86. The fourth-order valence-corrected chi connectivity index (χ4v) is 5.89. The number of hydrogen-bond acceptors (Lipinski definition) is 6. The van der Waals surface area contributed by atoms with Crippen molar-refractivity contribution in [2.75, 3.05) is 44.6 Å². The van der Waals surface area contributed by atoms with E-state index < -0.39 is 0 Å². The van der Waals surface area contributed by atoms with Gasteiger partial charge in [0.25, 0.3) is 0 Å². The SMILES string of the molecule is COCCNC(=O)CN1C(=O)CSC(c2ccccc2OC)c2c(C(C)(C)C)nn(-c3cccc(Cl)c3)c21. The van der Waals surface area contributed by atoms with Crippen molar-refractivity contribution in [1.29, 1.82) is 0 Å². The number of aromatic nitrogens is 2. The molecule has 1 N–H and O–H groups in total. The van der Waals surface area contributed by atoms with Gasteiger partial charge in [0.15, 0.2) is 0 Å². The van der Waals surface area contributed by atoms with E-state index in [1.54, 1.807) is 35.9 Å². The number of carbonyl (C=O) groups is 2. The molecule has 38 heavy (non-hydrogen) atoms. The van der Waals surface area contributed by atoms with Crippen LogP contribution in [0.4, 0.5) is 5.82 Å². The third kappa shape index (κ3) is 5.85. The molecule has 0 aliphatic carbocycles. The predicted molar refractivity (Wildman–Crippen MR) is 152 cm³/mol. The Kier molecular flexibility index (Phi) is 8.70. The van der Waals surface area contributed by atoms with Crippen molar-refractivity contribution >= 4 is 41.0 Å². The Morgan fingerprint density at radius 2 is 1.95 bits per heavy atom. The van der Waals surface area contributed by atoms with E-state index in [2.05, 4.69) is 26.1 Å². The van der Waals surface area contributed by atoms with Gasteiger partial charge in [-0.3, -0.25) is 14.5 Å². The monoisotopic (exact) mass is 556 g/mol. The third-order valence-electron chi connectivity index (χ3n) is 6.20. The summed E-state index contributed by atoms with van der Waals surface area (Å²) in [4.78, 5) is 28.2. The summed E-state index contributed by atoms with van der Waals surface area (Å²) in [6, 6.07) is 15.1. The Balaban J connectivity index is 1.98. The number of thioether (sulfide) groups is 1. The molecule has 2 aromatic carbocycles. The third-order valence-corrected chi connectivity index (χ3v) is 7.68. The number of nitrogens with zero attached hydrogens (tertiary/aromatic N) is 3. The van der Waals surface area contributed by atoms with Crippen molar-refractivity contribution in [3.05, 3.63) is 70.4 Å². The first-order chi connectivity index (χ1) is 18.2.